The summed E-state index contributed by atoms with van der Waals surface area (Å²) in [5.41, 5.74) is 8.81. The van der Waals surface area contributed by atoms with Crippen LogP contribution in [0.4, 0.5) is 0 Å². The molecule has 0 aliphatic heterocycles. The van der Waals surface area contributed by atoms with E-state index < -0.39 is 0 Å². The molecule has 0 radical (unpaired) electrons. The fraction of sp³-hybridized carbons (Fsp3) is 0.786. The summed E-state index contributed by atoms with van der Waals surface area (Å²) in [4.78, 5) is 5.57. The lowest BCUT2D eigenvalue weighted by atomic mass is 9.70. The molecule has 5 unspecified atom stereocenters. The van der Waals surface area contributed by atoms with Crippen molar-refractivity contribution in [2.45, 2.75) is 44.1 Å². The first kappa shape index (κ1) is 10.5. The van der Waals surface area contributed by atoms with Crippen LogP contribution in [0.25, 0.3) is 0 Å². The second-order valence-corrected chi connectivity index (χ2v) is 7.41. The van der Waals surface area contributed by atoms with Gasteiger partial charge in [-0.25, -0.2) is 0 Å². The summed E-state index contributed by atoms with van der Waals surface area (Å²) in [6, 6.07) is 0. The van der Waals surface area contributed by atoms with Crippen molar-refractivity contribution in [3.05, 3.63) is 16.6 Å². The minimum Gasteiger partial charge on any atom is -0.325 e. The fourth-order valence-electron chi connectivity index (χ4n) is 5.17. The molecular formula is C14H20N2S. The first-order chi connectivity index (χ1) is 8.26. The van der Waals surface area contributed by atoms with E-state index in [1.54, 1.807) is 11.3 Å². The quantitative estimate of drug-likeness (QED) is 0.874. The Hall–Kier alpha value is -0.410. The predicted molar refractivity (Wildman–Crippen MR) is 69.8 cm³/mol. The molecule has 3 aliphatic carbocycles. The van der Waals surface area contributed by atoms with Gasteiger partial charge in [0.1, 0.15) is 0 Å². The summed E-state index contributed by atoms with van der Waals surface area (Å²) < 4.78 is 0. The molecule has 2 nitrogen and oxygen atoms in total. The molecule has 92 valence electrons. The Kier molecular flexibility index (Phi) is 2.19. The lowest BCUT2D eigenvalue weighted by Gasteiger charge is -2.40. The van der Waals surface area contributed by atoms with Crippen LogP contribution in [0.15, 0.2) is 11.7 Å². The fourth-order valence-corrected chi connectivity index (χ4v) is 5.90. The van der Waals surface area contributed by atoms with Crippen molar-refractivity contribution >= 4 is 11.3 Å². The van der Waals surface area contributed by atoms with E-state index in [1.807, 2.05) is 11.7 Å². The summed E-state index contributed by atoms with van der Waals surface area (Å²) in [5.74, 6) is 3.76. The number of thiazole rings is 1. The molecule has 1 aromatic rings. The van der Waals surface area contributed by atoms with Crippen LogP contribution in [0.1, 0.15) is 37.0 Å². The number of nitrogens with two attached hydrogens (primary N) is 1. The van der Waals surface area contributed by atoms with Crippen LogP contribution in [0.2, 0.25) is 0 Å². The van der Waals surface area contributed by atoms with Crippen molar-refractivity contribution in [1.82, 2.24) is 4.98 Å². The minimum absolute atomic E-state index is 0.0999. The second-order valence-electron chi connectivity index (χ2n) is 6.44. The van der Waals surface area contributed by atoms with Crippen LogP contribution in [0.5, 0.6) is 0 Å². The van der Waals surface area contributed by atoms with Gasteiger partial charge in [-0.2, -0.15) is 0 Å². The van der Waals surface area contributed by atoms with Gasteiger partial charge in [0.25, 0.3) is 0 Å². The maximum Gasteiger partial charge on any atom is 0.0794 e. The zero-order valence-electron chi connectivity index (χ0n) is 10.1. The average Bonchev–Trinajstić information content (AvgIpc) is 2.96. The zero-order chi connectivity index (χ0) is 11.5. The van der Waals surface area contributed by atoms with E-state index in [-0.39, 0.29) is 5.54 Å². The van der Waals surface area contributed by atoms with Gasteiger partial charge in [0.15, 0.2) is 0 Å². The van der Waals surface area contributed by atoms with Gasteiger partial charge in [-0.3, -0.25) is 4.98 Å². The van der Waals surface area contributed by atoms with Gasteiger partial charge in [-0.05, 0) is 49.4 Å². The Balaban J connectivity index is 1.59. The van der Waals surface area contributed by atoms with Crippen molar-refractivity contribution in [3.8, 4) is 0 Å². The first-order valence-corrected chi connectivity index (χ1v) is 7.80. The van der Waals surface area contributed by atoms with Gasteiger partial charge in [-0.1, -0.05) is 6.42 Å². The molecule has 3 fully saturated rings. The van der Waals surface area contributed by atoms with E-state index >= 15 is 0 Å². The highest BCUT2D eigenvalue weighted by Gasteiger charge is 2.59. The number of nitrogens with zero attached hydrogens (tertiary/aromatic N) is 1. The van der Waals surface area contributed by atoms with Gasteiger partial charge in [-0.15, -0.1) is 11.3 Å². The monoisotopic (exact) mass is 248 g/mol. The Morgan fingerprint density at radius 1 is 1.41 bits per heavy atom. The van der Waals surface area contributed by atoms with E-state index in [1.165, 1.54) is 37.0 Å². The van der Waals surface area contributed by atoms with Crippen LogP contribution < -0.4 is 5.73 Å². The molecule has 3 heteroatoms. The Morgan fingerprint density at radius 2 is 2.29 bits per heavy atom. The third kappa shape index (κ3) is 1.45. The highest BCUT2D eigenvalue weighted by atomic mass is 32.1. The number of hydrogen-bond acceptors (Lipinski definition) is 3. The summed E-state index contributed by atoms with van der Waals surface area (Å²) in [6.45, 7) is 0. The van der Waals surface area contributed by atoms with Gasteiger partial charge in [0.2, 0.25) is 0 Å². The molecule has 2 bridgehead atoms. The molecule has 3 aliphatic rings. The first-order valence-electron chi connectivity index (χ1n) is 6.92. The Bertz CT molecular complexity index is 416. The molecule has 0 spiro atoms. The number of aromatic nitrogens is 1. The Morgan fingerprint density at radius 3 is 3.12 bits per heavy atom. The maximum absolute atomic E-state index is 6.77. The van der Waals surface area contributed by atoms with Crippen LogP contribution in [-0.2, 0) is 6.42 Å². The minimum atomic E-state index is 0.0999. The largest absolute Gasteiger partial charge is 0.325 e. The molecular weight excluding hydrogens is 228 g/mol. The second kappa shape index (κ2) is 3.55. The number of fused-ring (bicyclic) bond motifs is 5. The van der Waals surface area contributed by atoms with Crippen LogP contribution in [-0.4, -0.2) is 10.5 Å². The van der Waals surface area contributed by atoms with E-state index in [0.29, 0.717) is 0 Å². The van der Waals surface area contributed by atoms with E-state index in [4.69, 9.17) is 5.73 Å². The van der Waals surface area contributed by atoms with Crippen molar-refractivity contribution in [2.75, 3.05) is 0 Å². The van der Waals surface area contributed by atoms with Gasteiger partial charge in [0.05, 0.1) is 5.51 Å². The molecule has 2 N–H and O–H groups in total. The molecule has 1 aromatic heterocycles. The normalized spacial score (nSPS) is 47.6. The van der Waals surface area contributed by atoms with E-state index in [2.05, 4.69) is 4.98 Å². The number of rotatable bonds is 2. The topological polar surface area (TPSA) is 38.9 Å². The van der Waals surface area contributed by atoms with Crippen molar-refractivity contribution in [2.24, 2.45) is 29.4 Å². The highest BCUT2D eigenvalue weighted by molar-refractivity contribution is 7.09. The molecule has 3 saturated carbocycles. The summed E-state index contributed by atoms with van der Waals surface area (Å²) in [5, 5.41) is 0. The molecule has 17 heavy (non-hydrogen) atoms. The van der Waals surface area contributed by atoms with Crippen molar-refractivity contribution in [3.63, 3.8) is 0 Å². The lowest BCUT2D eigenvalue weighted by Crippen LogP contribution is -2.50. The molecule has 0 amide bonds. The third-order valence-corrected chi connectivity index (χ3v) is 6.45. The van der Waals surface area contributed by atoms with E-state index in [9.17, 15) is 0 Å². The highest BCUT2D eigenvalue weighted by Crippen LogP contribution is 2.62. The molecule has 0 aromatic carbocycles. The van der Waals surface area contributed by atoms with Gasteiger partial charge < -0.3 is 5.73 Å². The smallest absolute Gasteiger partial charge is 0.0794 e. The maximum atomic E-state index is 6.77. The van der Waals surface area contributed by atoms with Crippen molar-refractivity contribution in [1.29, 1.82) is 0 Å². The van der Waals surface area contributed by atoms with Gasteiger partial charge >= 0.3 is 0 Å². The molecule has 4 rings (SSSR count). The van der Waals surface area contributed by atoms with Crippen LogP contribution in [0.3, 0.4) is 0 Å². The third-order valence-electron chi connectivity index (χ3n) is 5.67. The Labute approximate surface area is 107 Å². The summed E-state index contributed by atoms with van der Waals surface area (Å²) in [7, 11) is 0. The van der Waals surface area contributed by atoms with Crippen LogP contribution in [0, 0.1) is 23.7 Å². The molecule has 5 atom stereocenters. The number of hydrogen-bond donors (Lipinski definition) is 1. The average molecular weight is 248 g/mol. The summed E-state index contributed by atoms with van der Waals surface area (Å²) in [6.07, 6.45) is 10.2. The van der Waals surface area contributed by atoms with Crippen LogP contribution >= 0.6 is 11.3 Å². The van der Waals surface area contributed by atoms with Crippen molar-refractivity contribution < 1.29 is 0 Å². The van der Waals surface area contributed by atoms with Gasteiger partial charge in [0, 0.05) is 23.0 Å². The summed E-state index contributed by atoms with van der Waals surface area (Å²) >= 11 is 1.77. The SMILES string of the molecule is NC1(Cc2cncs2)CC2CC1C1CCCC21. The predicted octanol–water partition coefficient (Wildman–Crippen LogP) is 2.84. The van der Waals surface area contributed by atoms with E-state index in [0.717, 1.165) is 30.1 Å². The lowest BCUT2D eigenvalue weighted by molar-refractivity contribution is 0.157. The molecule has 1 heterocycles. The standard InChI is InChI=1S/C14H20N2S/c15-14(6-10-7-16-8-17-10)5-9-4-13(14)12-3-1-2-11(9)12/h7-9,11-13H,1-6,15H2. The zero-order valence-corrected chi connectivity index (χ0v) is 11.0. The molecule has 0 saturated heterocycles.